The molecule has 12 heteroatoms. The number of rotatable bonds is 7. The summed E-state index contributed by atoms with van der Waals surface area (Å²) in [6.45, 7) is 2.83. The summed E-state index contributed by atoms with van der Waals surface area (Å²) in [4.78, 5) is 20.7. The Morgan fingerprint density at radius 3 is 1.85 bits per heavy atom. The topological polar surface area (TPSA) is 143 Å². The molecule has 0 unspecified atom stereocenters. The SMILES string of the molecule is COc1ccc(CN2CCN(S(=O)(=O)c3ccccc3)CC2)c(OC)c1OC.O=C(O)C(=O)O. The van der Waals surface area contributed by atoms with Gasteiger partial charge in [0.05, 0.1) is 26.2 Å². The summed E-state index contributed by atoms with van der Waals surface area (Å²) < 4.78 is 43.4. The Kier molecular flexibility index (Phi) is 9.66. The Hall–Kier alpha value is -3.35. The van der Waals surface area contributed by atoms with Gasteiger partial charge in [-0.3, -0.25) is 4.90 Å². The summed E-state index contributed by atoms with van der Waals surface area (Å²) in [6, 6.07) is 12.4. The van der Waals surface area contributed by atoms with E-state index in [1.165, 1.54) is 0 Å². The fourth-order valence-corrected chi connectivity index (χ4v) is 4.84. The minimum absolute atomic E-state index is 0.338. The lowest BCUT2D eigenvalue weighted by atomic mass is 10.1. The van der Waals surface area contributed by atoms with Gasteiger partial charge in [-0.15, -0.1) is 0 Å². The van der Waals surface area contributed by atoms with Crippen molar-refractivity contribution >= 4 is 22.0 Å². The third-order valence-electron chi connectivity index (χ3n) is 5.07. The minimum Gasteiger partial charge on any atom is -0.493 e. The van der Waals surface area contributed by atoms with Gasteiger partial charge in [-0.25, -0.2) is 18.0 Å². The van der Waals surface area contributed by atoms with Crippen molar-refractivity contribution < 1.29 is 42.4 Å². The second-order valence-electron chi connectivity index (χ2n) is 7.10. The summed E-state index contributed by atoms with van der Waals surface area (Å²) in [6.07, 6.45) is 0. The van der Waals surface area contributed by atoms with Crippen molar-refractivity contribution in [2.45, 2.75) is 11.4 Å². The van der Waals surface area contributed by atoms with Crippen molar-refractivity contribution in [2.24, 2.45) is 0 Å². The van der Waals surface area contributed by atoms with E-state index in [2.05, 4.69) is 4.90 Å². The number of carboxylic acid groups (broad SMARTS) is 2. The van der Waals surface area contributed by atoms with Gasteiger partial charge in [-0.2, -0.15) is 4.31 Å². The van der Waals surface area contributed by atoms with Crippen LogP contribution in [-0.4, -0.2) is 87.3 Å². The predicted octanol–water partition coefficient (Wildman–Crippen LogP) is 1.37. The average Bonchev–Trinajstić information content (AvgIpc) is 2.84. The molecular weight excluding hydrogens is 468 g/mol. The number of carbonyl (C=O) groups is 2. The van der Waals surface area contributed by atoms with Crippen LogP contribution in [0, 0.1) is 0 Å². The van der Waals surface area contributed by atoms with Crippen LogP contribution in [0.5, 0.6) is 17.2 Å². The van der Waals surface area contributed by atoms with Crippen LogP contribution < -0.4 is 14.2 Å². The van der Waals surface area contributed by atoms with Gasteiger partial charge in [0.15, 0.2) is 11.5 Å². The number of sulfonamides is 1. The van der Waals surface area contributed by atoms with Crippen LogP contribution in [0.4, 0.5) is 0 Å². The average molecular weight is 497 g/mol. The van der Waals surface area contributed by atoms with Gasteiger partial charge in [0.1, 0.15) is 0 Å². The molecule has 1 aliphatic rings. The van der Waals surface area contributed by atoms with Gasteiger partial charge in [0.25, 0.3) is 0 Å². The van der Waals surface area contributed by atoms with E-state index in [1.807, 2.05) is 18.2 Å². The van der Waals surface area contributed by atoms with Crippen molar-refractivity contribution in [3.63, 3.8) is 0 Å². The third kappa shape index (κ3) is 6.59. The molecule has 2 N–H and O–H groups in total. The molecule has 0 atom stereocenters. The molecule has 1 aliphatic heterocycles. The number of aliphatic carboxylic acids is 2. The normalized spacial score (nSPS) is 14.4. The molecule has 1 heterocycles. The van der Waals surface area contributed by atoms with Crippen LogP contribution in [0.1, 0.15) is 5.56 Å². The quantitative estimate of drug-likeness (QED) is 0.540. The molecule has 0 radical (unpaired) electrons. The Balaban J connectivity index is 0.000000604. The van der Waals surface area contributed by atoms with Crippen molar-refractivity contribution in [2.75, 3.05) is 47.5 Å². The van der Waals surface area contributed by atoms with Gasteiger partial charge in [0.2, 0.25) is 15.8 Å². The molecule has 186 valence electrons. The van der Waals surface area contributed by atoms with E-state index < -0.39 is 22.0 Å². The molecule has 1 fully saturated rings. The summed E-state index contributed by atoms with van der Waals surface area (Å²) >= 11 is 0. The lowest BCUT2D eigenvalue weighted by Gasteiger charge is -2.34. The molecular formula is C22H28N2O9S. The molecule has 11 nitrogen and oxygen atoms in total. The van der Waals surface area contributed by atoms with E-state index in [0.29, 0.717) is 54.9 Å². The smallest absolute Gasteiger partial charge is 0.414 e. The molecule has 0 amide bonds. The largest absolute Gasteiger partial charge is 0.493 e. The highest BCUT2D eigenvalue weighted by molar-refractivity contribution is 7.89. The number of hydrogen-bond donors (Lipinski definition) is 2. The highest BCUT2D eigenvalue weighted by Crippen LogP contribution is 2.40. The zero-order valence-electron chi connectivity index (χ0n) is 19.1. The first-order chi connectivity index (χ1) is 16.1. The first-order valence-electron chi connectivity index (χ1n) is 10.2. The number of ether oxygens (including phenoxy) is 3. The van der Waals surface area contributed by atoms with E-state index in [4.69, 9.17) is 34.0 Å². The number of benzene rings is 2. The number of methoxy groups -OCH3 is 3. The number of piperazine rings is 1. The Morgan fingerprint density at radius 2 is 1.38 bits per heavy atom. The molecule has 0 aromatic heterocycles. The molecule has 0 aliphatic carbocycles. The first kappa shape index (κ1) is 26.9. The zero-order valence-corrected chi connectivity index (χ0v) is 19.9. The van der Waals surface area contributed by atoms with Gasteiger partial charge < -0.3 is 24.4 Å². The van der Waals surface area contributed by atoms with Crippen molar-refractivity contribution in [3.05, 3.63) is 48.0 Å². The molecule has 1 saturated heterocycles. The maximum Gasteiger partial charge on any atom is 0.414 e. The lowest BCUT2D eigenvalue weighted by molar-refractivity contribution is -0.159. The van der Waals surface area contributed by atoms with Crippen LogP contribution in [0.3, 0.4) is 0 Å². The van der Waals surface area contributed by atoms with Crippen LogP contribution in [0.25, 0.3) is 0 Å². The van der Waals surface area contributed by atoms with Crippen molar-refractivity contribution in [1.82, 2.24) is 9.21 Å². The maximum absolute atomic E-state index is 12.8. The third-order valence-corrected chi connectivity index (χ3v) is 6.99. The molecule has 0 spiro atoms. The van der Waals surface area contributed by atoms with Gasteiger partial charge in [-0.1, -0.05) is 24.3 Å². The van der Waals surface area contributed by atoms with Crippen LogP contribution >= 0.6 is 0 Å². The highest BCUT2D eigenvalue weighted by Gasteiger charge is 2.29. The minimum atomic E-state index is -3.45. The summed E-state index contributed by atoms with van der Waals surface area (Å²) in [7, 11) is 1.32. The maximum atomic E-state index is 12.8. The second-order valence-corrected chi connectivity index (χ2v) is 9.03. The van der Waals surface area contributed by atoms with Crippen LogP contribution in [0.2, 0.25) is 0 Å². The summed E-state index contributed by atoms with van der Waals surface area (Å²) in [5.41, 5.74) is 0.972. The highest BCUT2D eigenvalue weighted by atomic mass is 32.2. The second kappa shape index (κ2) is 12.2. The fourth-order valence-electron chi connectivity index (χ4n) is 3.40. The van der Waals surface area contributed by atoms with E-state index in [9.17, 15) is 8.42 Å². The number of nitrogens with zero attached hydrogens (tertiary/aromatic N) is 2. The molecule has 0 saturated carbocycles. The van der Waals surface area contributed by atoms with E-state index in [1.54, 1.807) is 49.9 Å². The zero-order chi connectivity index (χ0) is 25.3. The summed E-state index contributed by atoms with van der Waals surface area (Å²) in [5.74, 6) is -1.83. The van der Waals surface area contributed by atoms with E-state index in [0.717, 1.165) is 5.56 Å². The van der Waals surface area contributed by atoms with Crippen molar-refractivity contribution in [1.29, 1.82) is 0 Å². The number of carboxylic acids is 2. The van der Waals surface area contributed by atoms with Crippen LogP contribution in [-0.2, 0) is 26.2 Å². The van der Waals surface area contributed by atoms with Crippen molar-refractivity contribution in [3.8, 4) is 17.2 Å². The molecule has 3 rings (SSSR count). The van der Waals surface area contributed by atoms with Gasteiger partial charge >= 0.3 is 11.9 Å². The van der Waals surface area contributed by atoms with Crippen LogP contribution in [0.15, 0.2) is 47.4 Å². The molecule has 34 heavy (non-hydrogen) atoms. The van der Waals surface area contributed by atoms with Gasteiger partial charge in [-0.05, 0) is 18.2 Å². The molecule has 0 bridgehead atoms. The number of hydrogen-bond acceptors (Lipinski definition) is 8. The Labute approximate surface area is 198 Å². The Bertz CT molecular complexity index is 1070. The molecule has 2 aromatic rings. The monoisotopic (exact) mass is 496 g/mol. The predicted molar refractivity (Wildman–Crippen MR) is 122 cm³/mol. The first-order valence-corrected chi connectivity index (χ1v) is 11.6. The van der Waals surface area contributed by atoms with E-state index in [-0.39, 0.29) is 0 Å². The fraction of sp³-hybridized carbons (Fsp3) is 0.364. The summed E-state index contributed by atoms with van der Waals surface area (Å²) in [5, 5.41) is 14.8. The van der Waals surface area contributed by atoms with E-state index >= 15 is 0 Å². The van der Waals surface area contributed by atoms with Gasteiger partial charge in [0, 0.05) is 38.3 Å². The Morgan fingerprint density at radius 1 is 0.824 bits per heavy atom. The molecule has 2 aromatic carbocycles. The lowest BCUT2D eigenvalue weighted by Crippen LogP contribution is -2.48. The standard InChI is InChI=1S/C20H26N2O5S.C2H2O4/c1-25-18-10-9-16(19(26-2)20(18)27-3)15-21-11-13-22(14-12-21)28(23,24)17-7-5-4-6-8-17;3-1(4)2(5)6/h4-10H,11-15H2,1-3H3;(H,3,4)(H,5,6).